The van der Waals surface area contributed by atoms with Crippen molar-refractivity contribution in [1.29, 1.82) is 0 Å². The van der Waals surface area contributed by atoms with Gasteiger partial charge in [0.05, 0.1) is 5.75 Å². The van der Waals surface area contributed by atoms with Crippen molar-refractivity contribution in [1.82, 2.24) is 4.90 Å². The summed E-state index contributed by atoms with van der Waals surface area (Å²) in [6.07, 6.45) is 0. The number of hydrogen-bond donors (Lipinski definition) is 1. The average Bonchev–Trinajstić information content (AvgIpc) is 1.83. The topological polar surface area (TPSA) is 20.3 Å². The third kappa shape index (κ3) is 2.60. The Labute approximate surface area is 68.0 Å². The number of nitrogens with zero attached hydrogens (tertiary/aromatic N) is 1. The lowest BCUT2D eigenvalue weighted by atomic mass is 10.1. The van der Waals surface area contributed by atoms with Gasteiger partial charge in [-0.05, 0) is 20.8 Å². The molecule has 1 amide bonds. The first-order valence-electron chi connectivity index (χ1n) is 3.27. The van der Waals surface area contributed by atoms with Gasteiger partial charge in [-0.2, -0.15) is 12.6 Å². The van der Waals surface area contributed by atoms with Gasteiger partial charge in [-0.25, -0.2) is 0 Å². The SMILES string of the molecule is CN(C(=O)CS)C(C)(C)C. The van der Waals surface area contributed by atoms with Crippen LogP contribution in [0.1, 0.15) is 20.8 Å². The largest absolute Gasteiger partial charge is 0.340 e. The predicted octanol–water partition coefficient (Wildman–Crippen LogP) is 1.17. The monoisotopic (exact) mass is 161 g/mol. The number of hydrogen-bond acceptors (Lipinski definition) is 2. The molecule has 0 N–H and O–H groups in total. The van der Waals surface area contributed by atoms with Crippen molar-refractivity contribution in [2.24, 2.45) is 0 Å². The summed E-state index contributed by atoms with van der Waals surface area (Å²) in [5, 5.41) is 0. The maximum Gasteiger partial charge on any atom is 0.232 e. The molecule has 0 rings (SSSR count). The molecule has 0 unspecified atom stereocenters. The summed E-state index contributed by atoms with van der Waals surface area (Å²) >= 11 is 3.90. The van der Waals surface area contributed by atoms with Gasteiger partial charge in [-0.3, -0.25) is 4.79 Å². The maximum absolute atomic E-state index is 11.0. The van der Waals surface area contributed by atoms with Gasteiger partial charge in [-0.1, -0.05) is 0 Å². The summed E-state index contributed by atoms with van der Waals surface area (Å²) in [6, 6.07) is 0. The van der Waals surface area contributed by atoms with Crippen molar-refractivity contribution in [3.8, 4) is 0 Å². The highest BCUT2D eigenvalue weighted by Gasteiger charge is 2.20. The van der Waals surface area contributed by atoms with Gasteiger partial charge in [0.2, 0.25) is 5.91 Å². The van der Waals surface area contributed by atoms with Crippen molar-refractivity contribution in [3.63, 3.8) is 0 Å². The Kier molecular flexibility index (Phi) is 3.22. The van der Waals surface area contributed by atoms with Gasteiger partial charge >= 0.3 is 0 Å². The highest BCUT2D eigenvalue weighted by atomic mass is 32.1. The van der Waals surface area contributed by atoms with E-state index in [0.717, 1.165) is 0 Å². The van der Waals surface area contributed by atoms with E-state index >= 15 is 0 Å². The number of thiol groups is 1. The Morgan fingerprint density at radius 1 is 1.50 bits per heavy atom. The first-order chi connectivity index (χ1) is 4.39. The molecule has 10 heavy (non-hydrogen) atoms. The highest BCUT2D eigenvalue weighted by molar-refractivity contribution is 7.81. The molecule has 0 heterocycles. The maximum atomic E-state index is 11.0. The average molecular weight is 161 g/mol. The molecule has 0 aliphatic rings. The van der Waals surface area contributed by atoms with Crippen LogP contribution in [0.3, 0.4) is 0 Å². The lowest BCUT2D eigenvalue weighted by Gasteiger charge is -2.31. The molecular weight excluding hydrogens is 146 g/mol. The fraction of sp³-hybridized carbons (Fsp3) is 0.857. The molecule has 0 aliphatic heterocycles. The summed E-state index contributed by atoms with van der Waals surface area (Å²) in [4.78, 5) is 12.7. The summed E-state index contributed by atoms with van der Waals surface area (Å²) in [5.74, 6) is 0.351. The van der Waals surface area contributed by atoms with E-state index in [4.69, 9.17) is 0 Å². The van der Waals surface area contributed by atoms with Crippen LogP contribution in [0.15, 0.2) is 0 Å². The molecule has 0 aliphatic carbocycles. The van der Waals surface area contributed by atoms with Gasteiger partial charge in [0.1, 0.15) is 0 Å². The zero-order chi connectivity index (χ0) is 8.36. The van der Waals surface area contributed by atoms with E-state index in [0.29, 0.717) is 0 Å². The van der Waals surface area contributed by atoms with E-state index in [1.165, 1.54) is 0 Å². The Balaban J connectivity index is 4.08. The van der Waals surface area contributed by atoms with Gasteiger partial charge < -0.3 is 4.90 Å². The fourth-order valence-corrected chi connectivity index (χ4v) is 0.692. The van der Waals surface area contributed by atoms with Crippen LogP contribution in [0.25, 0.3) is 0 Å². The second-order valence-electron chi connectivity index (χ2n) is 3.28. The number of rotatable bonds is 1. The zero-order valence-electron chi connectivity index (χ0n) is 7.01. The van der Waals surface area contributed by atoms with Crippen LogP contribution in [0.5, 0.6) is 0 Å². The molecule has 3 heteroatoms. The molecule has 0 bridgehead atoms. The summed E-state index contributed by atoms with van der Waals surface area (Å²) in [5.41, 5.74) is -0.0835. The minimum Gasteiger partial charge on any atom is -0.340 e. The van der Waals surface area contributed by atoms with E-state index in [1.54, 1.807) is 11.9 Å². The lowest BCUT2D eigenvalue weighted by molar-refractivity contribution is -0.131. The van der Waals surface area contributed by atoms with Gasteiger partial charge in [0, 0.05) is 12.6 Å². The van der Waals surface area contributed by atoms with Crippen LogP contribution < -0.4 is 0 Å². The van der Waals surface area contributed by atoms with E-state index in [-0.39, 0.29) is 17.2 Å². The number of carbonyl (C=O) groups excluding carboxylic acids is 1. The number of carbonyl (C=O) groups is 1. The van der Waals surface area contributed by atoms with Crippen molar-refractivity contribution < 1.29 is 4.79 Å². The van der Waals surface area contributed by atoms with E-state index in [9.17, 15) is 4.79 Å². The van der Waals surface area contributed by atoms with Crippen molar-refractivity contribution in [2.45, 2.75) is 26.3 Å². The first kappa shape index (κ1) is 9.82. The molecule has 0 fully saturated rings. The Morgan fingerprint density at radius 2 is 1.90 bits per heavy atom. The quantitative estimate of drug-likeness (QED) is 0.572. The second kappa shape index (κ2) is 3.28. The smallest absolute Gasteiger partial charge is 0.232 e. The number of amides is 1. The van der Waals surface area contributed by atoms with Crippen LogP contribution in [0, 0.1) is 0 Å². The minimum absolute atomic E-state index is 0.0656. The highest BCUT2D eigenvalue weighted by Crippen LogP contribution is 2.10. The van der Waals surface area contributed by atoms with Crippen molar-refractivity contribution in [2.75, 3.05) is 12.8 Å². The zero-order valence-corrected chi connectivity index (χ0v) is 7.90. The molecular formula is C7H15NOS. The van der Waals surface area contributed by atoms with Crippen LogP contribution in [0.4, 0.5) is 0 Å². The van der Waals surface area contributed by atoms with Crippen LogP contribution in [-0.4, -0.2) is 29.1 Å². The van der Waals surface area contributed by atoms with Gasteiger partial charge in [0.15, 0.2) is 0 Å². The van der Waals surface area contributed by atoms with Crippen molar-refractivity contribution >= 4 is 18.5 Å². The third-order valence-electron chi connectivity index (χ3n) is 1.52. The molecule has 0 aromatic carbocycles. The minimum atomic E-state index is -0.0835. The Bertz CT molecular complexity index is 128. The predicted molar refractivity (Wildman–Crippen MR) is 46.4 cm³/mol. The Morgan fingerprint density at radius 3 is 2.00 bits per heavy atom. The van der Waals surface area contributed by atoms with Crippen LogP contribution >= 0.6 is 12.6 Å². The molecule has 0 aromatic heterocycles. The summed E-state index contributed by atoms with van der Waals surface area (Å²) < 4.78 is 0. The molecule has 0 saturated carbocycles. The summed E-state index contributed by atoms with van der Waals surface area (Å²) in [6.45, 7) is 5.98. The normalized spacial score (nSPS) is 11.3. The van der Waals surface area contributed by atoms with Gasteiger partial charge in [-0.15, -0.1) is 0 Å². The van der Waals surface area contributed by atoms with E-state index in [2.05, 4.69) is 12.6 Å². The third-order valence-corrected chi connectivity index (χ3v) is 1.79. The second-order valence-corrected chi connectivity index (χ2v) is 3.60. The van der Waals surface area contributed by atoms with Crippen LogP contribution in [0.2, 0.25) is 0 Å². The summed E-state index contributed by atoms with van der Waals surface area (Å²) in [7, 11) is 1.79. The first-order valence-corrected chi connectivity index (χ1v) is 3.90. The van der Waals surface area contributed by atoms with Crippen LogP contribution in [-0.2, 0) is 4.79 Å². The fourth-order valence-electron chi connectivity index (χ4n) is 0.480. The molecule has 0 atom stereocenters. The van der Waals surface area contributed by atoms with Gasteiger partial charge in [0.25, 0.3) is 0 Å². The standard InChI is InChI=1S/C7H15NOS/c1-7(2,3)8(4)6(9)5-10/h10H,5H2,1-4H3. The van der Waals surface area contributed by atoms with Crippen molar-refractivity contribution in [3.05, 3.63) is 0 Å². The molecule has 60 valence electrons. The molecule has 0 aromatic rings. The Hall–Kier alpha value is -0.180. The molecule has 0 saturated heterocycles. The lowest BCUT2D eigenvalue weighted by Crippen LogP contribution is -2.43. The molecule has 0 radical (unpaired) electrons. The molecule has 2 nitrogen and oxygen atoms in total. The van der Waals surface area contributed by atoms with E-state index < -0.39 is 0 Å². The van der Waals surface area contributed by atoms with E-state index in [1.807, 2.05) is 20.8 Å². The molecule has 0 spiro atoms.